The summed E-state index contributed by atoms with van der Waals surface area (Å²) in [6.07, 6.45) is -0.454. The molecule has 1 atom stereocenters. The molecule has 0 radical (unpaired) electrons. The van der Waals surface area contributed by atoms with E-state index >= 15 is 0 Å². The first-order chi connectivity index (χ1) is 15.5. The Bertz CT molecular complexity index is 1200. The summed E-state index contributed by atoms with van der Waals surface area (Å²) in [7, 11) is 0. The first-order valence-corrected chi connectivity index (χ1v) is 11.6. The van der Waals surface area contributed by atoms with Gasteiger partial charge < -0.3 is 4.74 Å². The van der Waals surface area contributed by atoms with Crippen molar-refractivity contribution in [3.8, 4) is 11.4 Å². The van der Waals surface area contributed by atoms with E-state index in [1.54, 1.807) is 24.3 Å². The fraction of sp³-hybridized carbons (Fsp3) is 0.125. The van der Waals surface area contributed by atoms with Crippen LogP contribution in [0.4, 0.5) is 4.39 Å². The fourth-order valence-electron chi connectivity index (χ4n) is 3.08. The van der Waals surface area contributed by atoms with Crippen molar-refractivity contribution in [1.82, 2.24) is 14.8 Å². The zero-order valence-corrected chi connectivity index (χ0v) is 19.5. The summed E-state index contributed by atoms with van der Waals surface area (Å²) in [5.41, 5.74) is 1.50. The van der Waals surface area contributed by atoms with Crippen LogP contribution in [0, 0.1) is 5.82 Å². The maximum absolute atomic E-state index is 13.2. The Hall–Kier alpha value is -2.97. The van der Waals surface area contributed by atoms with Gasteiger partial charge >= 0.3 is 0 Å². The summed E-state index contributed by atoms with van der Waals surface area (Å²) >= 11 is 4.70. The van der Waals surface area contributed by atoms with Crippen molar-refractivity contribution in [2.75, 3.05) is 5.75 Å². The Morgan fingerprint density at radius 3 is 2.41 bits per heavy atom. The maximum Gasteiger partial charge on any atom is 0.196 e. The van der Waals surface area contributed by atoms with Gasteiger partial charge in [-0.3, -0.25) is 9.36 Å². The van der Waals surface area contributed by atoms with Gasteiger partial charge in [0.1, 0.15) is 11.6 Å². The molecule has 4 rings (SSSR count). The van der Waals surface area contributed by atoms with E-state index in [0.29, 0.717) is 22.3 Å². The molecule has 0 fully saturated rings. The molecule has 0 N–H and O–H groups in total. The number of rotatable bonds is 8. The SMILES string of the molecule is CC(Oc1ccc(F)cc1)c1nnc(SCC(=O)c2ccc(Br)cc2)n1-c1ccccc1. The fourth-order valence-corrected chi connectivity index (χ4v) is 4.19. The average Bonchev–Trinajstić information content (AvgIpc) is 3.24. The molecule has 4 aromatic rings. The molecule has 0 aliphatic carbocycles. The van der Waals surface area contributed by atoms with Crippen LogP contribution < -0.4 is 4.74 Å². The molecule has 0 aliphatic heterocycles. The first kappa shape index (κ1) is 22.2. The highest BCUT2D eigenvalue weighted by Crippen LogP contribution is 2.28. The molecule has 8 heteroatoms. The number of hydrogen-bond acceptors (Lipinski definition) is 5. The molecule has 3 aromatic carbocycles. The molecule has 5 nitrogen and oxygen atoms in total. The van der Waals surface area contributed by atoms with Gasteiger partial charge in [-0.05, 0) is 55.5 Å². The molecule has 32 heavy (non-hydrogen) atoms. The monoisotopic (exact) mass is 511 g/mol. The molecule has 1 aromatic heterocycles. The highest BCUT2D eigenvalue weighted by Gasteiger charge is 2.22. The molecule has 0 bridgehead atoms. The number of thioether (sulfide) groups is 1. The summed E-state index contributed by atoms with van der Waals surface area (Å²) in [5.74, 6) is 1.01. The van der Waals surface area contributed by atoms with Crippen molar-refractivity contribution < 1.29 is 13.9 Å². The minimum absolute atomic E-state index is 0.00210. The number of halogens is 2. The lowest BCUT2D eigenvalue weighted by atomic mass is 10.2. The summed E-state index contributed by atoms with van der Waals surface area (Å²) in [5, 5.41) is 9.26. The van der Waals surface area contributed by atoms with Gasteiger partial charge in [0.05, 0.1) is 5.75 Å². The van der Waals surface area contributed by atoms with Crippen LogP contribution in [0.5, 0.6) is 5.75 Å². The Balaban J connectivity index is 1.58. The van der Waals surface area contributed by atoms with E-state index in [1.807, 2.05) is 54.0 Å². The van der Waals surface area contributed by atoms with Crippen molar-refractivity contribution in [2.24, 2.45) is 0 Å². The number of carbonyl (C=O) groups is 1. The van der Waals surface area contributed by atoms with Crippen LogP contribution >= 0.6 is 27.7 Å². The van der Waals surface area contributed by atoms with Gasteiger partial charge in [-0.1, -0.05) is 58.0 Å². The number of carbonyl (C=O) groups excluding carboxylic acids is 1. The van der Waals surface area contributed by atoms with E-state index < -0.39 is 6.10 Å². The van der Waals surface area contributed by atoms with Crippen LogP contribution in [-0.2, 0) is 0 Å². The van der Waals surface area contributed by atoms with Crippen molar-refractivity contribution in [1.29, 1.82) is 0 Å². The molecule has 1 heterocycles. The van der Waals surface area contributed by atoms with Crippen LogP contribution in [0.1, 0.15) is 29.2 Å². The minimum Gasteiger partial charge on any atom is -0.483 e. The predicted octanol–water partition coefficient (Wildman–Crippen LogP) is 6.28. The topological polar surface area (TPSA) is 57.0 Å². The average molecular weight is 512 g/mol. The smallest absolute Gasteiger partial charge is 0.196 e. The highest BCUT2D eigenvalue weighted by molar-refractivity contribution is 9.10. The molecule has 0 amide bonds. The predicted molar refractivity (Wildman–Crippen MR) is 126 cm³/mol. The molecule has 1 unspecified atom stereocenters. The summed E-state index contributed by atoms with van der Waals surface area (Å²) in [6, 6.07) is 22.8. The third kappa shape index (κ3) is 5.26. The number of hydrogen-bond donors (Lipinski definition) is 0. The zero-order valence-electron chi connectivity index (χ0n) is 17.1. The van der Waals surface area contributed by atoms with Crippen LogP contribution in [0.15, 0.2) is 88.5 Å². The number of ketones is 1. The van der Waals surface area contributed by atoms with E-state index in [1.165, 1.54) is 23.9 Å². The van der Waals surface area contributed by atoms with Gasteiger partial charge in [0, 0.05) is 15.7 Å². The second kappa shape index (κ2) is 10.1. The lowest BCUT2D eigenvalue weighted by Gasteiger charge is -2.16. The number of nitrogens with zero attached hydrogens (tertiary/aromatic N) is 3. The van der Waals surface area contributed by atoms with Gasteiger partial charge in [-0.15, -0.1) is 10.2 Å². The number of benzene rings is 3. The Morgan fingerprint density at radius 2 is 1.72 bits per heavy atom. The number of aromatic nitrogens is 3. The Morgan fingerprint density at radius 1 is 1.03 bits per heavy atom. The Kier molecular flexibility index (Phi) is 7.02. The van der Waals surface area contributed by atoms with Gasteiger partial charge in [0.2, 0.25) is 0 Å². The van der Waals surface area contributed by atoms with Gasteiger partial charge in [-0.25, -0.2) is 4.39 Å². The molecule has 0 saturated carbocycles. The second-order valence-electron chi connectivity index (χ2n) is 6.94. The summed E-state index contributed by atoms with van der Waals surface area (Å²) < 4.78 is 22.0. The highest BCUT2D eigenvalue weighted by atomic mass is 79.9. The van der Waals surface area contributed by atoms with Gasteiger partial charge in [-0.2, -0.15) is 0 Å². The molecule has 162 valence electrons. The summed E-state index contributed by atoms with van der Waals surface area (Å²) in [4.78, 5) is 12.6. The van der Waals surface area contributed by atoms with Crippen LogP contribution in [0.2, 0.25) is 0 Å². The van der Waals surface area contributed by atoms with E-state index in [0.717, 1.165) is 10.2 Å². The molecular weight excluding hydrogens is 493 g/mol. The lowest BCUT2D eigenvalue weighted by molar-refractivity contribution is 0.102. The third-order valence-corrected chi connectivity index (χ3v) is 6.12. The quantitative estimate of drug-likeness (QED) is 0.205. The first-order valence-electron chi connectivity index (χ1n) is 9.86. The minimum atomic E-state index is -0.454. The molecule has 0 spiro atoms. The van der Waals surface area contributed by atoms with Crippen LogP contribution in [0.25, 0.3) is 5.69 Å². The second-order valence-corrected chi connectivity index (χ2v) is 8.80. The number of para-hydroxylation sites is 1. The van der Waals surface area contributed by atoms with Crippen molar-refractivity contribution in [2.45, 2.75) is 18.2 Å². The van der Waals surface area contributed by atoms with Crippen molar-refractivity contribution in [3.05, 3.63) is 101 Å². The zero-order chi connectivity index (χ0) is 22.5. The normalized spacial score (nSPS) is 11.8. The van der Waals surface area contributed by atoms with Gasteiger partial charge in [0.25, 0.3) is 0 Å². The Labute approximate surface area is 197 Å². The number of Topliss-reactive ketones (excluding diaryl/α,β-unsaturated/α-hetero) is 1. The van der Waals surface area contributed by atoms with E-state index in [2.05, 4.69) is 26.1 Å². The van der Waals surface area contributed by atoms with E-state index in [9.17, 15) is 9.18 Å². The molecule has 0 saturated heterocycles. The largest absolute Gasteiger partial charge is 0.483 e. The van der Waals surface area contributed by atoms with E-state index in [4.69, 9.17) is 4.74 Å². The number of ether oxygens (including phenoxy) is 1. The maximum atomic E-state index is 13.2. The molecule has 0 aliphatic rings. The summed E-state index contributed by atoms with van der Waals surface area (Å²) in [6.45, 7) is 1.86. The van der Waals surface area contributed by atoms with Crippen LogP contribution in [0.3, 0.4) is 0 Å². The van der Waals surface area contributed by atoms with E-state index in [-0.39, 0.29) is 17.4 Å². The van der Waals surface area contributed by atoms with Crippen LogP contribution in [-0.4, -0.2) is 26.3 Å². The van der Waals surface area contributed by atoms with Crippen molar-refractivity contribution in [3.63, 3.8) is 0 Å². The van der Waals surface area contributed by atoms with Crippen molar-refractivity contribution >= 4 is 33.5 Å². The standard InChI is InChI=1S/C24H19BrFN3O2S/c1-16(31-21-13-11-19(26)12-14-21)23-27-28-24(29(23)20-5-3-2-4-6-20)32-15-22(30)17-7-9-18(25)10-8-17/h2-14,16H,15H2,1H3. The lowest BCUT2D eigenvalue weighted by Crippen LogP contribution is -2.12. The third-order valence-electron chi connectivity index (χ3n) is 4.66. The van der Waals surface area contributed by atoms with Gasteiger partial charge in [0.15, 0.2) is 22.9 Å². The molecular formula is C24H19BrFN3O2S.